The van der Waals surface area contributed by atoms with Gasteiger partial charge in [0, 0.05) is 6.04 Å². The smallest absolute Gasteiger partial charge is 0.00672 e. The molecular formula is C13H29N. The Kier molecular flexibility index (Phi) is 5.73. The van der Waals surface area contributed by atoms with Crippen LogP contribution < -0.4 is 5.73 Å². The Balaban J connectivity index is 3.99. The van der Waals surface area contributed by atoms with Crippen molar-refractivity contribution in [2.45, 2.75) is 66.8 Å². The Hall–Kier alpha value is -0.0400. The lowest BCUT2D eigenvalue weighted by Crippen LogP contribution is -2.33. The van der Waals surface area contributed by atoms with Crippen LogP contribution in [-0.2, 0) is 0 Å². The van der Waals surface area contributed by atoms with Crippen LogP contribution in [0, 0.1) is 17.3 Å². The van der Waals surface area contributed by atoms with Gasteiger partial charge in [0.25, 0.3) is 0 Å². The molecule has 0 aromatic carbocycles. The molecule has 0 radical (unpaired) electrons. The van der Waals surface area contributed by atoms with Crippen molar-refractivity contribution < 1.29 is 0 Å². The molecule has 0 fully saturated rings. The van der Waals surface area contributed by atoms with Crippen LogP contribution in [0.3, 0.4) is 0 Å². The van der Waals surface area contributed by atoms with Gasteiger partial charge in [-0.2, -0.15) is 0 Å². The first-order chi connectivity index (χ1) is 6.29. The first-order valence-electron chi connectivity index (χ1n) is 6.04. The van der Waals surface area contributed by atoms with Crippen LogP contribution >= 0.6 is 0 Å². The number of rotatable bonds is 5. The van der Waals surface area contributed by atoms with Crippen LogP contribution in [0.2, 0.25) is 0 Å². The molecule has 0 aliphatic heterocycles. The summed E-state index contributed by atoms with van der Waals surface area (Å²) in [5.74, 6) is 1.38. The van der Waals surface area contributed by atoms with Crippen LogP contribution in [0.25, 0.3) is 0 Å². The zero-order valence-electron chi connectivity index (χ0n) is 10.9. The molecule has 0 spiro atoms. The highest BCUT2D eigenvalue weighted by Crippen LogP contribution is 2.30. The average Bonchev–Trinajstić information content (AvgIpc) is 2.02. The Morgan fingerprint density at radius 1 is 1.14 bits per heavy atom. The van der Waals surface area contributed by atoms with Crippen LogP contribution in [-0.4, -0.2) is 6.04 Å². The fourth-order valence-electron chi connectivity index (χ4n) is 1.66. The predicted molar refractivity (Wildman–Crippen MR) is 65.3 cm³/mol. The third kappa shape index (κ3) is 4.99. The maximum atomic E-state index is 6.20. The van der Waals surface area contributed by atoms with E-state index in [0.717, 1.165) is 6.42 Å². The summed E-state index contributed by atoms with van der Waals surface area (Å²) in [5.41, 5.74) is 6.59. The fraction of sp³-hybridized carbons (Fsp3) is 1.00. The van der Waals surface area contributed by atoms with Crippen LogP contribution in [0.4, 0.5) is 0 Å². The zero-order valence-corrected chi connectivity index (χ0v) is 10.9. The maximum absolute atomic E-state index is 6.20. The monoisotopic (exact) mass is 199 g/mol. The minimum Gasteiger partial charge on any atom is -0.327 e. The predicted octanol–water partition coefficient (Wildman–Crippen LogP) is 3.82. The normalized spacial score (nSPS) is 19.1. The van der Waals surface area contributed by atoms with Gasteiger partial charge in [-0.25, -0.2) is 0 Å². The number of hydrogen-bond donors (Lipinski definition) is 1. The van der Waals surface area contributed by atoms with Gasteiger partial charge >= 0.3 is 0 Å². The highest BCUT2D eigenvalue weighted by atomic mass is 14.6. The van der Waals surface area contributed by atoms with Crippen LogP contribution in [0.1, 0.15) is 60.8 Å². The Morgan fingerprint density at radius 3 is 2.00 bits per heavy atom. The van der Waals surface area contributed by atoms with Gasteiger partial charge in [-0.05, 0) is 30.1 Å². The molecule has 2 N–H and O–H groups in total. The maximum Gasteiger partial charge on any atom is 0.00672 e. The molecule has 0 aliphatic carbocycles. The molecule has 3 unspecified atom stereocenters. The van der Waals surface area contributed by atoms with Crippen molar-refractivity contribution in [3.63, 3.8) is 0 Å². The quantitative estimate of drug-likeness (QED) is 0.715. The van der Waals surface area contributed by atoms with E-state index in [0.29, 0.717) is 23.3 Å². The van der Waals surface area contributed by atoms with Crippen LogP contribution in [0.15, 0.2) is 0 Å². The van der Waals surface area contributed by atoms with Crippen molar-refractivity contribution in [2.24, 2.45) is 23.0 Å². The molecule has 14 heavy (non-hydrogen) atoms. The molecule has 0 saturated heterocycles. The molecule has 1 heteroatoms. The van der Waals surface area contributed by atoms with E-state index in [1.807, 2.05) is 0 Å². The standard InChI is InChI=1S/C13H29N/c1-7-8-10(2)12(14)9-11(3)13(4,5)6/h10-12H,7-9,14H2,1-6H3. The SMILES string of the molecule is CCCC(C)C(N)CC(C)C(C)(C)C. The topological polar surface area (TPSA) is 26.0 Å². The summed E-state index contributed by atoms with van der Waals surface area (Å²) in [7, 11) is 0. The van der Waals surface area contributed by atoms with E-state index < -0.39 is 0 Å². The Bertz CT molecular complexity index is 146. The van der Waals surface area contributed by atoms with Crippen molar-refractivity contribution in [3.8, 4) is 0 Å². The zero-order chi connectivity index (χ0) is 11.4. The van der Waals surface area contributed by atoms with E-state index in [9.17, 15) is 0 Å². The van der Waals surface area contributed by atoms with Crippen molar-refractivity contribution in [3.05, 3.63) is 0 Å². The van der Waals surface area contributed by atoms with Crippen LogP contribution in [0.5, 0.6) is 0 Å². The minimum absolute atomic E-state index is 0.379. The summed E-state index contributed by atoms with van der Waals surface area (Å²) in [6, 6.07) is 0.379. The van der Waals surface area contributed by atoms with Gasteiger partial charge in [-0.3, -0.25) is 0 Å². The molecule has 0 rings (SSSR count). The lowest BCUT2D eigenvalue weighted by Gasteiger charge is -2.31. The van der Waals surface area contributed by atoms with Gasteiger partial charge in [-0.15, -0.1) is 0 Å². The summed E-state index contributed by atoms with van der Waals surface area (Å²) in [6.45, 7) is 13.7. The minimum atomic E-state index is 0.379. The van der Waals surface area contributed by atoms with E-state index in [1.165, 1.54) is 12.8 Å². The molecule has 0 aliphatic rings. The second-order valence-electron chi connectivity index (χ2n) is 5.93. The molecule has 0 bridgehead atoms. The average molecular weight is 199 g/mol. The molecule has 0 saturated carbocycles. The van der Waals surface area contributed by atoms with Crippen molar-refractivity contribution >= 4 is 0 Å². The molecule has 1 nitrogen and oxygen atoms in total. The third-order valence-corrected chi connectivity index (χ3v) is 3.58. The fourth-order valence-corrected chi connectivity index (χ4v) is 1.66. The number of nitrogens with two attached hydrogens (primary N) is 1. The first-order valence-corrected chi connectivity index (χ1v) is 6.04. The summed E-state index contributed by atoms with van der Waals surface area (Å²) < 4.78 is 0. The van der Waals surface area contributed by atoms with Crippen molar-refractivity contribution in [1.29, 1.82) is 0 Å². The molecule has 0 aromatic heterocycles. The van der Waals surface area contributed by atoms with E-state index in [1.54, 1.807) is 0 Å². The second kappa shape index (κ2) is 5.75. The molecule has 0 heterocycles. The van der Waals surface area contributed by atoms with Gasteiger partial charge in [0.2, 0.25) is 0 Å². The van der Waals surface area contributed by atoms with E-state index >= 15 is 0 Å². The Labute approximate surface area is 90.5 Å². The molecular weight excluding hydrogens is 170 g/mol. The Morgan fingerprint density at radius 2 is 1.64 bits per heavy atom. The lowest BCUT2D eigenvalue weighted by molar-refractivity contribution is 0.214. The van der Waals surface area contributed by atoms with Gasteiger partial charge in [0.1, 0.15) is 0 Å². The summed E-state index contributed by atoms with van der Waals surface area (Å²) >= 11 is 0. The molecule has 3 atom stereocenters. The lowest BCUT2D eigenvalue weighted by atomic mass is 9.76. The van der Waals surface area contributed by atoms with Gasteiger partial charge < -0.3 is 5.73 Å². The molecule has 0 aromatic rings. The highest BCUT2D eigenvalue weighted by Gasteiger charge is 2.23. The van der Waals surface area contributed by atoms with Gasteiger partial charge in [-0.1, -0.05) is 48.0 Å². The summed E-state index contributed by atoms with van der Waals surface area (Å²) in [4.78, 5) is 0. The number of hydrogen-bond acceptors (Lipinski definition) is 1. The molecule has 86 valence electrons. The summed E-state index contributed by atoms with van der Waals surface area (Å²) in [6.07, 6.45) is 3.67. The second-order valence-corrected chi connectivity index (χ2v) is 5.93. The molecule has 0 amide bonds. The van der Waals surface area contributed by atoms with Crippen molar-refractivity contribution in [1.82, 2.24) is 0 Å². The van der Waals surface area contributed by atoms with Crippen molar-refractivity contribution in [2.75, 3.05) is 0 Å². The van der Waals surface area contributed by atoms with E-state index in [4.69, 9.17) is 5.73 Å². The van der Waals surface area contributed by atoms with E-state index in [2.05, 4.69) is 41.5 Å². The highest BCUT2D eigenvalue weighted by molar-refractivity contribution is 4.77. The first kappa shape index (κ1) is 14.0. The summed E-state index contributed by atoms with van der Waals surface area (Å²) in [5, 5.41) is 0. The third-order valence-electron chi connectivity index (χ3n) is 3.58. The van der Waals surface area contributed by atoms with Gasteiger partial charge in [0.05, 0.1) is 0 Å². The largest absolute Gasteiger partial charge is 0.327 e. The van der Waals surface area contributed by atoms with Gasteiger partial charge in [0.15, 0.2) is 0 Å². The van der Waals surface area contributed by atoms with E-state index in [-0.39, 0.29) is 0 Å².